The summed E-state index contributed by atoms with van der Waals surface area (Å²) in [4.78, 5) is 11.8. The van der Waals surface area contributed by atoms with Crippen molar-refractivity contribution in [3.05, 3.63) is 53.1 Å². The monoisotopic (exact) mass is 376 g/mol. The lowest BCUT2D eigenvalue weighted by Crippen LogP contribution is -2.24. The Bertz CT molecular complexity index is 765. The number of carbonyl (C=O) groups excluding carboxylic acids is 1. The molecule has 0 heterocycles. The van der Waals surface area contributed by atoms with Crippen molar-refractivity contribution in [1.29, 1.82) is 0 Å². The molecule has 0 aliphatic rings. The zero-order valence-corrected chi connectivity index (χ0v) is 15.5. The fourth-order valence-electron chi connectivity index (χ4n) is 2.06. The van der Waals surface area contributed by atoms with Gasteiger partial charge in [0, 0.05) is 5.02 Å². The Balaban J connectivity index is 1.88. The number of nitrogens with one attached hydrogen (secondary N) is 1. The SMILES string of the molecule is CCOc1ccc(/C=N/NC(=O)COc2cccc(Cl)c2)cc1OCC. The summed E-state index contributed by atoms with van der Waals surface area (Å²) in [6, 6.07) is 12.3. The molecule has 6 nitrogen and oxygen atoms in total. The standard InChI is InChI=1S/C19H21ClN2O4/c1-3-24-17-9-8-14(10-18(17)25-4-2)12-21-22-19(23)13-26-16-7-5-6-15(20)11-16/h5-12H,3-4,13H2,1-2H3,(H,22,23)/b21-12+. The van der Waals surface area contributed by atoms with Gasteiger partial charge in [-0.1, -0.05) is 17.7 Å². The number of amides is 1. The second-order valence-corrected chi connectivity index (χ2v) is 5.55. The smallest absolute Gasteiger partial charge is 0.277 e. The molecule has 2 aromatic carbocycles. The maximum atomic E-state index is 11.8. The molecule has 0 saturated carbocycles. The Kier molecular flexibility index (Phi) is 7.76. The zero-order chi connectivity index (χ0) is 18.8. The third-order valence-electron chi connectivity index (χ3n) is 3.14. The number of hydrazone groups is 1. The molecule has 26 heavy (non-hydrogen) atoms. The lowest BCUT2D eigenvalue weighted by Gasteiger charge is -2.11. The molecule has 2 rings (SSSR count). The van der Waals surface area contributed by atoms with Gasteiger partial charge in [-0.2, -0.15) is 5.10 Å². The van der Waals surface area contributed by atoms with Crippen molar-refractivity contribution in [3.8, 4) is 17.2 Å². The highest BCUT2D eigenvalue weighted by molar-refractivity contribution is 6.30. The summed E-state index contributed by atoms with van der Waals surface area (Å²) in [5, 5.41) is 4.46. The molecule has 0 radical (unpaired) electrons. The minimum absolute atomic E-state index is 0.162. The number of rotatable bonds is 9. The van der Waals surface area contributed by atoms with Gasteiger partial charge in [0.25, 0.3) is 5.91 Å². The predicted molar refractivity (Wildman–Crippen MR) is 101 cm³/mol. The molecule has 0 bridgehead atoms. The summed E-state index contributed by atoms with van der Waals surface area (Å²) in [6.07, 6.45) is 1.52. The molecule has 0 aliphatic heterocycles. The molecule has 138 valence electrons. The van der Waals surface area contributed by atoms with Crippen LogP contribution in [0.4, 0.5) is 0 Å². The molecule has 0 spiro atoms. The van der Waals surface area contributed by atoms with Gasteiger partial charge in [-0.15, -0.1) is 0 Å². The van der Waals surface area contributed by atoms with Gasteiger partial charge in [0.2, 0.25) is 0 Å². The highest BCUT2D eigenvalue weighted by atomic mass is 35.5. The van der Waals surface area contributed by atoms with Crippen molar-refractivity contribution in [2.45, 2.75) is 13.8 Å². The van der Waals surface area contributed by atoms with Crippen LogP contribution >= 0.6 is 11.6 Å². The Hall–Kier alpha value is -2.73. The number of ether oxygens (including phenoxy) is 3. The van der Waals surface area contributed by atoms with E-state index < -0.39 is 0 Å². The summed E-state index contributed by atoms with van der Waals surface area (Å²) < 4.78 is 16.4. The summed E-state index contributed by atoms with van der Waals surface area (Å²) >= 11 is 5.85. The minimum Gasteiger partial charge on any atom is -0.490 e. The van der Waals surface area contributed by atoms with Crippen molar-refractivity contribution in [2.75, 3.05) is 19.8 Å². The van der Waals surface area contributed by atoms with Crippen molar-refractivity contribution >= 4 is 23.7 Å². The van der Waals surface area contributed by atoms with Crippen LogP contribution in [0.1, 0.15) is 19.4 Å². The quantitative estimate of drug-likeness (QED) is 0.535. The topological polar surface area (TPSA) is 69.2 Å². The van der Waals surface area contributed by atoms with E-state index in [0.717, 1.165) is 5.56 Å². The molecule has 0 atom stereocenters. The molecule has 0 aliphatic carbocycles. The Morgan fingerprint density at radius 3 is 2.58 bits per heavy atom. The van der Waals surface area contributed by atoms with E-state index in [1.807, 2.05) is 19.9 Å². The average Bonchev–Trinajstić information content (AvgIpc) is 2.62. The lowest BCUT2D eigenvalue weighted by atomic mass is 10.2. The van der Waals surface area contributed by atoms with Crippen LogP contribution in [0.3, 0.4) is 0 Å². The van der Waals surface area contributed by atoms with Crippen molar-refractivity contribution in [2.24, 2.45) is 5.10 Å². The van der Waals surface area contributed by atoms with E-state index in [-0.39, 0.29) is 12.5 Å². The number of hydrogen-bond donors (Lipinski definition) is 1. The van der Waals surface area contributed by atoms with Crippen LogP contribution in [0.5, 0.6) is 17.2 Å². The van der Waals surface area contributed by atoms with Gasteiger partial charge in [-0.25, -0.2) is 5.43 Å². The molecule has 0 unspecified atom stereocenters. The summed E-state index contributed by atoms with van der Waals surface area (Å²) in [7, 11) is 0. The summed E-state index contributed by atoms with van der Waals surface area (Å²) in [5.41, 5.74) is 3.18. The molecule has 0 saturated heterocycles. The molecule has 1 N–H and O–H groups in total. The Labute approximate surface area is 157 Å². The first kappa shape index (κ1) is 19.6. The zero-order valence-electron chi connectivity index (χ0n) is 14.7. The molecular weight excluding hydrogens is 356 g/mol. The van der Waals surface area contributed by atoms with Crippen molar-refractivity contribution in [3.63, 3.8) is 0 Å². The Morgan fingerprint density at radius 1 is 1.08 bits per heavy atom. The van der Waals surface area contributed by atoms with E-state index >= 15 is 0 Å². The van der Waals surface area contributed by atoms with Crippen LogP contribution in [0.2, 0.25) is 5.02 Å². The number of benzene rings is 2. The number of carbonyl (C=O) groups is 1. The van der Waals surface area contributed by atoms with Crippen LogP contribution in [-0.4, -0.2) is 31.9 Å². The van der Waals surface area contributed by atoms with Crippen LogP contribution in [0.15, 0.2) is 47.6 Å². The third-order valence-corrected chi connectivity index (χ3v) is 3.37. The maximum absolute atomic E-state index is 11.8. The highest BCUT2D eigenvalue weighted by Crippen LogP contribution is 2.27. The minimum atomic E-state index is -0.378. The van der Waals surface area contributed by atoms with Gasteiger partial charge < -0.3 is 14.2 Å². The van der Waals surface area contributed by atoms with E-state index in [1.165, 1.54) is 6.21 Å². The molecule has 0 aromatic heterocycles. The molecule has 2 aromatic rings. The van der Waals surface area contributed by atoms with Gasteiger partial charge in [-0.05, 0) is 55.8 Å². The van der Waals surface area contributed by atoms with Crippen LogP contribution in [-0.2, 0) is 4.79 Å². The van der Waals surface area contributed by atoms with Gasteiger partial charge >= 0.3 is 0 Å². The van der Waals surface area contributed by atoms with E-state index in [1.54, 1.807) is 36.4 Å². The second kappa shape index (κ2) is 10.3. The van der Waals surface area contributed by atoms with Crippen molar-refractivity contribution in [1.82, 2.24) is 5.43 Å². The predicted octanol–water partition coefficient (Wildman–Crippen LogP) is 3.67. The third kappa shape index (κ3) is 6.29. The van der Waals surface area contributed by atoms with Gasteiger partial charge in [0.15, 0.2) is 18.1 Å². The van der Waals surface area contributed by atoms with Crippen molar-refractivity contribution < 1.29 is 19.0 Å². The molecule has 7 heteroatoms. The van der Waals surface area contributed by atoms with Crippen LogP contribution in [0.25, 0.3) is 0 Å². The second-order valence-electron chi connectivity index (χ2n) is 5.11. The van der Waals surface area contributed by atoms with E-state index in [0.29, 0.717) is 35.5 Å². The average molecular weight is 377 g/mol. The highest BCUT2D eigenvalue weighted by Gasteiger charge is 2.05. The first-order valence-corrected chi connectivity index (χ1v) is 8.60. The van der Waals surface area contributed by atoms with Crippen LogP contribution in [0, 0.1) is 0 Å². The fourth-order valence-corrected chi connectivity index (χ4v) is 2.25. The van der Waals surface area contributed by atoms with E-state index in [9.17, 15) is 4.79 Å². The summed E-state index contributed by atoms with van der Waals surface area (Å²) in [5.74, 6) is 1.45. The number of hydrogen-bond acceptors (Lipinski definition) is 5. The normalized spacial score (nSPS) is 10.6. The number of nitrogens with zero attached hydrogens (tertiary/aromatic N) is 1. The van der Waals surface area contributed by atoms with Gasteiger partial charge in [0.1, 0.15) is 5.75 Å². The summed E-state index contributed by atoms with van der Waals surface area (Å²) in [6.45, 7) is 4.72. The first-order valence-electron chi connectivity index (χ1n) is 8.22. The Morgan fingerprint density at radius 2 is 1.85 bits per heavy atom. The first-order chi connectivity index (χ1) is 12.6. The van der Waals surface area contributed by atoms with E-state index in [2.05, 4.69) is 10.5 Å². The molecular formula is C19H21ClN2O4. The lowest BCUT2D eigenvalue weighted by molar-refractivity contribution is -0.123. The number of halogens is 1. The van der Waals surface area contributed by atoms with Crippen LogP contribution < -0.4 is 19.6 Å². The fraction of sp³-hybridized carbons (Fsp3) is 0.263. The molecule has 1 amide bonds. The maximum Gasteiger partial charge on any atom is 0.277 e. The molecule has 0 fully saturated rings. The van der Waals surface area contributed by atoms with Gasteiger partial charge in [0.05, 0.1) is 19.4 Å². The van der Waals surface area contributed by atoms with E-state index in [4.69, 9.17) is 25.8 Å². The largest absolute Gasteiger partial charge is 0.490 e. The van der Waals surface area contributed by atoms with Gasteiger partial charge in [-0.3, -0.25) is 4.79 Å².